The molecule has 3 atom stereocenters. The predicted molar refractivity (Wildman–Crippen MR) is 68.3 cm³/mol. The normalized spacial score (nSPS) is 24.9. The second kappa shape index (κ2) is 5.52. The van der Waals surface area contributed by atoms with Gasteiger partial charge in [-0.3, -0.25) is 0 Å². The molecule has 0 radical (unpaired) electrons. The van der Waals surface area contributed by atoms with Gasteiger partial charge in [0, 0.05) is 31.2 Å². The topological polar surface area (TPSA) is 30.5 Å². The Balaban J connectivity index is 2.10. The van der Waals surface area contributed by atoms with Gasteiger partial charge in [-0.05, 0) is 13.0 Å². The van der Waals surface area contributed by atoms with Crippen LogP contribution < -0.4 is 10.1 Å². The van der Waals surface area contributed by atoms with Crippen molar-refractivity contribution in [2.45, 2.75) is 26.0 Å². The minimum atomic E-state index is 0.234. The number of para-hydroxylation sites is 1. The van der Waals surface area contributed by atoms with Gasteiger partial charge in [-0.15, -0.1) is 0 Å². The summed E-state index contributed by atoms with van der Waals surface area (Å²) in [5, 5.41) is 3.57. The van der Waals surface area contributed by atoms with E-state index in [0.717, 1.165) is 18.9 Å². The molecule has 0 bridgehead atoms. The molecule has 3 heteroatoms. The Hall–Kier alpha value is -1.06. The van der Waals surface area contributed by atoms with Crippen molar-refractivity contribution in [1.29, 1.82) is 0 Å². The number of hydrogen-bond donors (Lipinski definition) is 1. The van der Waals surface area contributed by atoms with Gasteiger partial charge in [0.05, 0.1) is 12.7 Å². The Morgan fingerprint density at radius 2 is 2.24 bits per heavy atom. The molecule has 0 amide bonds. The molecule has 3 unspecified atom stereocenters. The highest BCUT2D eigenvalue weighted by Gasteiger charge is 2.27. The average molecular weight is 235 g/mol. The number of rotatable bonds is 4. The van der Waals surface area contributed by atoms with Crippen molar-refractivity contribution in [3.05, 3.63) is 29.8 Å². The second-order valence-electron chi connectivity index (χ2n) is 4.76. The van der Waals surface area contributed by atoms with Crippen molar-refractivity contribution in [1.82, 2.24) is 5.32 Å². The number of ether oxygens (including phenoxy) is 2. The van der Waals surface area contributed by atoms with Gasteiger partial charge in [-0.1, -0.05) is 25.1 Å². The van der Waals surface area contributed by atoms with E-state index in [9.17, 15) is 0 Å². The summed E-state index contributed by atoms with van der Waals surface area (Å²) in [6.45, 7) is 5.92. The van der Waals surface area contributed by atoms with Gasteiger partial charge in [-0.25, -0.2) is 0 Å². The Bertz CT molecular complexity index is 367. The van der Waals surface area contributed by atoms with Gasteiger partial charge in [0.2, 0.25) is 0 Å². The van der Waals surface area contributed by atoms with Gasteiger partial charge in [-0.2, -0.15) is 0 Å². The molecular weight excluding hydrogens is 214 g/mol. The molecule has 0 saturated heterocycles. The van der Waals surface area contributed by atoms with Gasteiger partial charge in [0.25, 0.3) is 0 Å². The van der Waals surface area contributed by atoms with E-state index in [4.69, 9.17) is 9.47 Å². The fourth-order valence-electron chi connectivity index (χ4n) is 2.18. The van der Waals surface area contributed by atoms with Gasteiger partial charge < -0.3 is 14.8 Å². The number of benzene rings is 1. The van der Waals surface area contributed by atoms with Gasteiger partial charge in [0.15, 0.2) is 0 Å². The van der Waals surface area contributed by atoms with E-state index >= 15 is 0 Å². The molecule has 1 aliphatic rings. The zero-order chi connectivity index (χ0) is 12.3. The molecule has 0 fully saturated rings. The molecule has 1 aromatic carbocycles. The highest BCUT2D eigenvalue weighted by molar-refractivity contribution is 5.37. The summed E-state index contributed by atoms with van der Waals surface area (Å²) in [5.74, 6) is 1.49. The first-order valence-corrected chi connectivity index (χ1v) is 6.20. The van der Waals surface area contributed by atoms with Crippen LogP contribution in [0.5, 0.6) is 5.75 Å². The zero-order valence-electron chi connectivity index (χ0n) is 10.8. The molecule has 0 spiro atoms. The van der Waals surface area contributed by atoms with Crippen LogP contribution in [-0.4, -0.2) is 26.4 Å². The van der Waals surface area contributed by atoms with E-state index in [1.54, 1.807) is 7.11 Å². The van der Waals surface area contributed by atoms with Crippen molar-refractivity contribution in [3.63, 3.8) is 0 Å². The summed E-state index contributed by atoms with van der Waals surface area (Å²) in [4.78, 5) is 0. The van der Waals surface area contributed by atoms with Crippen LogP contribution in [0.1, 0.15) is 25.5 Å². The van der Waals surface area contributed by atoms with Crippen LogP contribution in [0, 0.1) is 5.92 Å². The van der Waals surface area contributed by atoms with Gasteiger partial charge >= 0.3 is 0 Å². The molecule has 1 aromatic rings. The van der Waals surface area contributed by atoms with E-state index in [1.165, 1.54) is 5.56 Å². The van der Waals surface area contributed by atoms with Crippen LogP contribution in [0.2, 0.25) is 0 Å². The number of hydrogen-bond acceptors (Lipinski definition) is 3. The van der Waals surface area contributed by atoms with E-state index in [2.05, 4.69) is 31.3 Å². The fourth-order valence-corrected chi connectivity index (χ4v) is 2.18. The first-order chi connectivity index (χ1) is 8.22. The van der Waals surface area contributed by atoms with E-state index < -0.39 is 0 Å². The number of nitrogens with one attached hydrogen (secondary N) is 1. The summed E-state index contributed by atoms with van der Waals surface area (Å²) in [7, 11) is 1.74. The molecule has 17 heavy (non-hydrogen) atoms. The van der Waals surface area contributed by atoms with Crippen molar-refractivity contribution in [2.75, 3.05) is 20.3 Å². The second-order valence-corrected chi connectivity index (χ2v) is 4.76. The first kappa shape index (κ1) is 12.4. The van der Waals surface area contributed by atoms with Crippen LogP contribution in [0.3, 0.4) is 0 Å². The van der Waals surface area contributed by atoms with Crippen molar-refractivity contribution in [3.8, 4) is 5.75 Å². The maximum atomic E-state index is 5.73. The Morgan fingerprint density at radius 3 is 3.00 bits per heavy atom. The molecule has 0 aliphatic carbocycles. The quantitative estimate of drug-likeness (QED) is 0.869. The minimum Gasteiger partial charge on any atom is -0.493 e. The van der Waals surface area contributed by atoms with Crippen LogP contribution in [0.15, 0.2) is 24.3 Å². The maximum Gasteiger partial charge on any atom is 0.124 e. The van der Waals surface area contributed by atoms with Gasteiger partial charge in [0.1, 0.15) is 5.75 Å². The maximum absolute atomic E-state index is 5.73. The SMILES string of the molecule is COC(C)CNC1c2ccccc2OCC1C. The Kier molecular flexibility index (Phi) is 4.02. The molecule has 2 rings (SSSR count). The van der Waals surface area contributed by atoms with Crippen molar-refractivity contribution < 1.29 is 9.47 Å². The third kappa shape index (κ3) is 2.79. The molecule has 1 heterocycles. The summed E-state index contributed by atoms with van der Waals surface area (Å²) in [5.41, 5.74) is 1.26. The third-order valence-corrected chi connectivity index (χ3v) is 3.35. The monoisotopic (exact) mass is 235 g/mol. The number of methoxy groups -OCH3 is 1. The Labute approximate surface area is 103 Å². The highest BCUT2D eigenvalue weighted by atomic mass is 16.5. The predicted octanol–water partition coefficient (Wildman–Crippen LogP) is 2.38. The summed E-state index contributed by atoms with van der Waals surface area (Å²) in [6, 6.07) is 8.62. The first-order valence-electron chi connectivity index (χ1n) is 6.20. The van der Waals surface area contributed by atoms with Crippen LogP contribution >= 0.6 is 0 Å². The van der Waals surface area contributed by atoms with E-state index in [0.29, 0.717) is 12.0 Å². The minimum absolute atomic E-state index is 0.234. The zero-order valence-corrected chi connectivity index (χ0v) is 10.8. The lowest BCUT2D eigenvalue weighted by Crippen LogP contribution is -2.37. The molecule has 0 aromatic heterocycles. The lowest BCUT2D eigenvalue weighted by Gasteiger charge is -2.32. The average Bonchev–Trinajstić information content (AvgIpc) is 2.37. The number of fused-ring (bicyclic) bond motifs is 1. The van der Waals surface area contributed by atoms with Crippen molar-refractivity contribution in [2.24, 2.45) is 5.92 Å². The van der Waals surface area contributed by atoms with E-state index in [1.807, 2.05) is 12.1 Å². The lowest BCUT2D eigenvalue weighted by atomic mass is 9.92. The van der Waals surface area contributed by atoms with Crippen LogP contribution in [-0.2, 0) is 4.74 Å². The summed E-state index contributed by atoms with van der Waals surface area (Å²) < 4.78 is 11.0. The lowest BCUT2D eigenvalue weighted by molar-refractivity contribution is 0.105. The Morgan fingerprint density at radius 1 is 1.47 bits per heavy atom. The summed E-state index contributed by atoms with van der Waals surface area (Å²) in [6.07, 6.45) is 0.234. The molecule has 3 nitrogen and oxygen atoms in total. The van der Waals surface area contributed by atoms with Crippen LogP contribution in [0.4, 0.5) is 0 Å². The molecule has 0 saturated carbocycles. The molecule has 94 valence electrons. The highest BCUT2D eigenvalue weighted by Crippen LogP contribution is 2.34. The van der Waals surface area contributed by atoms with Crippen LogP contribution in [0.25, 0.3) is 0 Å². The molecule has 1 aliphatic heterocycles. The summed E-state index contributed by atoms with van der Waals surface area (Å²) >= 11 is 0. The smallest absolute Gasteiger partial charge is 0.124 e. The molecule has 1 N–H and O–H groups in total. The third-order valence-electron chi connectivity index (χ3n) is 3.35. The van der Waals surface area contributed by atoms with Crippen molar-refractivity contribution >= 4 is 0 Å². The molecular formula is C14H21NO2. The van der Waals surface area contributed by atoms with E-state index in [-0.39, 0.29) is 6.10 Å². The standard InChI is InChI=1S/C14H21NO2/c1-10-9-17-13-7-5-4-6-12(13)14(10)15-8-11(2)16-3/h4-7,10-11,14-15H,8-9H2,1-3H3. The largest absolute Gasteiger partial charge is 0.493 e. The fraction of sp³-hybridized carbons (Fsp3) is 0.571.